The average molecular weight is 268 g/mol. The maximum atomic E-state index is 11.3. The zero-order chi connectivity index (χ0) is 14.3. The molecule has 0 atom stereocenters. The SMILES string of the molecule is Cc1ccc(-c2ncnc3[nH]cc(C(=O)O)c23)cc1N. The Morgan fingerprint density at radius 1 is 1.35 bits per heavy atom. The second-order valence-electron chi connectivity index (χ2n) is 4.52. The number of H-pyrrole nitrogens is 1. The van der Waals surface area contributed by atoms with E-state index in [0.717, 1.165) is 11.1 Å². The van der Waals surface area contributed by atoms with Crippen molar-refractivity contribution in [1.82, 2.24) is 15.0 Å². The summed E-state index contributed by atoms with van der Waals surface area (Å²) in [4.78, 5) is 22.4. The minimum Gasteiger partial charge on any atom is -0.478 e. The fourth-order valence-electron chi connectivity index (χ4n) is 2.14. The summed E-state index contributed by atoms with van der Waals surface area (Å²) >= 11 is 0. The minimum atomic E-state index is -1.02. The Hall–Kier alpha value is -2.89. The third-order valence-corrected chi connectivity index (χ3v) is 3.25. The molecule has 0 saturated carbocycles. The standard InChI is InChI=1S/C14H12N4O2/c1-7-2-3-8(4-10(7)15)12-11-9(14(19)20)5-16-13(11)18-6-17-12/h2-6H,15H2,1H3,(H,19,20)(H,16,17,18). The van der Waals surface area contributed by atoms with Gasteiger partial charge in [-0.2, -0.15) is 0 Å². The van der Waals surface area contributed by atoms with E-state index in [-0.39, 0.29) is 5.56 Å². The molecule has 0 unspecified atom stereocenters. The molecule has 2 aromatic heterocycles. The maximum absolute atomic E-state index is 11.3. The number of nitrogens with zero attached hydrogens (tertiary/aromatic N) is 2. The summed E-state index contributed by atoms with van der Waals surface area (Å²) in [7, 11) is 0. The highest BCUT2D eigenvalue weighted by molar-refractivity contribution is 6.07. The Morgan fingerprint density at radius 3 is 2.85 bits per heavy atom. The summed E-state index contributed by atoms with van der Waals surface area (Å²) in [6.07, 6.45) is 2.82. The first-order valence-electron chi connectivity index (χ1n) is 6.00. The fourth-order valence-corrected chi connectivity index (χ4v) is 2.14. The van der Waals surface area contributed by atoms with Gasteiger partial charge in [-0.1, -0.05) is 12.1 Å². The molecule has 1 aromatic carbocycles. The van der Waals surface area contributed by atoms with E-state index in [1.165, 1.54) is 12.5 Å². The Balaban J connectivity index is 2.32. The normalized spacial score (nSPS) is 10.8. The lowest BCUT2D eigenvalue weighted by Crippen LogP contribution is -1.97. The van der Waals surface area contributed by atoms with Crippen LogP contribution in [0.5, 0.6) is 0 Å². The van der Waals surface area contributed by atoms with Gasteiger partial charge >= 0.3 is 5.97 Å². The largest absolute Gasteiger partial charge is 0.478 e. The van der Waals surface area contributed by atoms with Crippen molar-refractivity contribution in [3.8, 4) is 11.3 Å². The van der Waals surface area contributed by atoms with Crippen molar-refractivity contribution in [3.05, 3.63) is 41.9 Å². The van der Waals surface area contributed by atoms with Crippen LogP contribution in [0.1, 0.15) is 15.9 Å². The summed E-state index contributed by atoms with van der Waals surface area (Å²) in [5, 5.41) is 9.73. The molecule has 0 radical (unpaired) electrons. The lowest BCUT2D eigenvalue weighted by Gasteiger charge is -2.06. The van der Waals surface area contributed by atoms with Crippen molar-refractivity contribution in [2.24, 2.45) is 0 Å². The van der Waals surface area contributed by atoms with Gasteiger partial charge < -0.3 is 15.8 Å². The number of aromatic amines is 1. The molecule has 6 heteroatoms. The molecule has 0 bridgehead atoms. The van der Waals surface area contributed by atoms with Crippen molar-refractivity contribution in [2.75, 3.05) is 5.73 Å². The van der Waals surface area contributed by atoms with Crippen LogP contribution in [0, 0.1) is 6.92 Å². The van der Waals surface area contributed by atoms with Gasteiger partial charge in [0, 0.05) is 17.4 Å². The van der Waals surface area contributed by atoms with Crippen molar-refractivity contribution >= 4 is 22.7 Å². The topological polar surface area (TPSA) is 105 Å². The number of nitrogens with two attached hydrogens (primary N) is 1. The number of hydrogen-bond acceptors (Lipinski definition) is 4. The van der Waals surface area contributed by atoms with E-state index >= 15 is 0 Å². The van der Waals surface area contributed by atoms with E-state index in [2.05, 4.69) is 15.0 Å². The molecule has 0 spiro atoms. The van der Waals surface area contributed by atoms with Gasteiger partial charge in [0.1, 0.15) is 12.0 Å². The zero-order valence-electron chi connectivity index (χ0n) is 10.7. The third kappa shape index (κ3) is 1.78. The number of carboxylic acids is 1. The molecule has 3 rings (SSSR count). The number of nitrogen functional groups attached to an aromatic ring is 1. The molecule has 0 fully saturated rings. The summed E-state index contributed by atoms with van der Waals surface area (Å²) in [6, 6.07) is 5.54. The van der Waals surface area contributed by atoms with Gasteiger partial charge in [-0.15, -0.1) is 0 Å². The van der Waals surface area contributed by atoms with Gasteiger partial charge in [-0.25, -0.2) is 14.8 Å². The number of rotatable bonds is 2. The number of benzene rings is 1. The number of aromatic carboxylic acids is 1. The van der Waals surface area contributed by atoms with Crippen LogP contribution in [0.25, 0.3) is 22.3 Å². The number of hydrogen-bond donors (Lipinski definition) is 3. The third-order valence-electron chi connectivity index (χ3n) is 3.25. The Bertz CT molecular complexity index is 823. The van der Waals surface area contributed by atoms with Crippen LogP contribution in [-0.4, -0.2) is 26.0 Å². The van der Waals surface area contributed by atoms with E-state index in [9.17, 15) is 9.90 Å². The predicted octanol–water partition coefficient (Wildman–Crippen LogP) is 2.21. The summed E-state index contributed by atoms with van der Waals surface area (Å²) < 4.78 is 0. The Labute approximate surface area is 114 Å². The molecule has 20 heavy (non-hydrogen) atoms. The maximum Gasteiger partial charge on any atom is 0.338 e. The summed E-state index contributed by atoms with van der Waals surface area (Å²) in [5.41, 5.74) is 9.47. The molecule has 2 heterocycles. The highest BCUT2D eigenvalue weighted by Gasteiger charge is 2.17. The molecule has 0 aliphatic carbocycles. The molecule has 0 amide bonds. The second-order valence-corrected chi connectivity index (χ2v) is 4.52. The van der Waals surface area contributed by atoms with Gasteiger partial charge in [0.25, 0.3) is 0 Å². The monoisotopic (exact) mass is 268 g/mol. The lowest BCUT2D eigenvalue weighted by molar-refractivity contribution is 0.0699. The van der Waals surface area contributed by atoms with Crippen molar-refractivity contribution in [3.63, 3.8) is 0 Å². The number of aryl methyl sites for hydroxylation is 1. The molecule has 4 N–H and O–H groups in total. The van der Waals surface area contributed by atoms with Gasteiger partial charge in [0.05, 0.1) is 16.6 Å². The number of carbonyl (C=O) groups is 1. The predicted molar refractivity (Wildman–Crippen MR) is 75.4 cm³/mol. The van der Waals surface area contributed by atoms with Gasteiger partial charge in [-0.3, -0.25) is 0 Å². The first kappa shape index (κ1) is 12.2. The quantitative estimate of drug-likeness (QED) is 0.618. The molecule has 0 saturated heterocycles. The first-order valence-corrected chi connectivity index (χ1v) is 6.00. The first-order chi connectivity index (χ1) is 9.58. The molecular formula is C14H12N4O2. The van der Waals surface area contributed by atoms with E-state index in [1.807, 2.05) is 19.1 Å². The van der Waals surface area contributed by atoms with Crippen LogP contribution in [0.4, 0.5) is 5.69 Å². The van der Waals surface area contributed by atoms with Crippen molar-refractivity contribution in [1.29, 1.82) is 0 Å². The molecule has 0 aliphatic heterocycles. The van der Waals surface area contributed by atoms with Crippen LogP contribution in [-0.2, 0) is 0 Å². The smallest absolute Gasteiger partial charge is 0.338 e. The molecule has 0 aliphatic rings. The molecule has 6 nitrogen and oxygen atoms in total. The van der Waals surface area contributed by atoms with Crippen LogP contribution in [0.2, 0.25) is 0 Å². The van der Waals surface area contributed by atoms with E-state index in [0.29, 0.717) is 22.4 Å². The minimum absolute atomic E-state index is 0.148. The highest BCUT2D eigenvalue weighted by atomic mass is 16.4. The summed E-state index contributed by atoms with van der Waals surface area (Å²) in [6.45, 7) is 1.91. The van der Waals surface area contributed by atoms with Crippen LogP contribution in [0.3, 0.4) is 0 Å². The number of nitrogens with one attached hydrogen (secondary N) is 1. The van der Waals surface area contributed by atoms with Crippen molar-refractivity contribution < 1.29 is 9.90 Å². The van der Waals surface area contributed by atoms with Crippen LogP contribution < -0.4 is 5.73 Å². The van der Waals surface area contributed by atoms with E-state index in [4.69, 9.17) is 5.73 Å². The van der Waals surface area contributed by atoms with Crippen LogP contribution >= 0.6 is 0 Å². The summed E-state index contributed by atoms with van der Waals surface area (Å²) in [5.74, 6) is -1.02. The molecular weight excluding hydrogens is 256 g/mol. The lowest BCUT2D eigenvalue weighted by atomic mass is 10.0. The Kier molecular flexibility index (Phi) is 2.64. The Morgan fingerprint density at radius 2 is 2.15 bits per heavy atom. The fraction of sp³-hybridized carbons (Fsp3) is 0.0714. The van der Waals surface area contributed by atoms with Crippen molar-refractivity contribution in [2.45, 2.75) is 6.92 Å². The molecule has 100 valence electrons. The van der Waals surface area contributed by atoms with Crippen LogP contribution in [0.15, 0.2) is 30.7 Å². The number of aromatic nitrogens is 3. The zero-order valence-corrected chi connectivity index (χ0v) is 10.7. The van der Waals surface area contributed by atoms with E-state index in [1.54, 1.807) is 6.07 Å². The highest BCUT2D eigenvalue weighted by Crippen LogP contribution is 2.29. The van der Waals surface area contributed by atoms with Gasteiger partial charge in [0.15, 0.2) is 0 Å². The second kappa shape index (κ2) is 4.34. The van der Waals surface area contributed by atoms with Gasteiger partial charge in [0.2, 0.25) is 0 Å². The average Bonchev–Trinajstić information content (AvgIpc) is 2.86. The van der Waals surface area contributed by atoms with E-state index < -0.39 is 5.97 Å². The number of fused-ring (bicyclic) bond motifs is 1. The molecule has 3 aromatic rings. The number of anilines is 1. The van der Waals surface area contributed by atoms with Gasteiger partial charge in [-0.05, 0) is 18.6 Å². The number of carboxylic acid groups (broad SMARTS) is 1.